The van der Waals surface area contributed by atoms with E-state index < -0.39 is 23.4 Å². The smallest absolute Gasteiger partial charge is 0.408 e. The van der Waals surface area contributed by atoms with Gasteiger partial charge in [0, 0.05) is 18.7 Å². The highest BCUT2D eigenvalue weighted by Gasteiger charge is 2.48. The Balaban J connectivity index is 2.30. The zero-order chi connectivity index (χ0) is 17.9. The maximum absolute atomic E-state index is 12.8. The number of ether oxygens (including phenoxy) is 1. The molecule has 1 aromatic carbocycles. The first-order valence-corrected chi connectivity index (χ1v) is 7.47. The standard InChI is InChI=1S/C17H20N2O5/c1-4-9-17(2)15(21)18(10-11-19(17)16(22)23)14(20)12-5-7-13(24-3)8-6-12/h4-8H,1,9-11H2,2-3H3,(H,22,23)/t17-/m0/s1. The molecule has 7 heteroatoms. The number of hydrogen-bond donors (Lipinski definition) is 1. The Labute approximate surface area is 140 Å². The summed E-state index contributed by atoms with van der Waals surface area (Å²) in [5.41, 5.74) is -0.998. The van der Waals surface area contributed by atoms with Crippen LogP contribution >= 0.6 is 0 Å². The number of hydrogen-bond acceptors (Lipinski definition) is 4. The van der Waals surface area contributed by atoms with Crippen molar-refractivity contribution in [2.45, 2.75) is 18.9 Å². The molecule has 7 nitrogen and oxygen atoms in total. The summed E-state index contributed by atoms with van der Waals surface area (Å²) in [6, 6.07) is 6.41. The van der Waals surface area contributed by atoms with Crippen LogP contribution in [0.1, 0.15) is 23.7 Å². The number of piperazine rings is 1. The van der Waals surface area contributed by atoms with Crippen LogP contribution < -0.4 is 4.74 Å². The van der Waals surface area contributed by atoms with Gasteiger partial charge in [-0.3, -0.25) is 19.4 Å². The van der Waals surface area contributed by atoms with E-state index in [0.717, 1.165) is 9.80 Å². The lowest BCUT2D eigenvalue weighted by Gasteiger charge is -2.45. The molecule has 1 aliphatic rings. The normalized spacial score (nSPS) is 20.7. The lowest BCUT2D eigenvalue weighted by atomic mass is 9.91. The fourth-order valence-corrected chi connectivity index (χ4v) is 2.82. The van der Waals surface area contributed by atoms with Crippen LogP contribution in [0, 0.1) is 0 Å². The van der Waals surface area contributed by atoms with Crippen LogP contribution in [0.15, 0.2) is 36.9 Å². The molecule has 1 heterocycles. The van der Waals surface area contributed by atoms with Crippen molar-refractivity contribution in [2.75, 3.05) is 20.2 Å². The quantitative estimate of drug-likeness (QED) is 0.673. The Morgan fingerprint density at radius 3 is 2.46 bits per heavy atom. The van der Waals surface area contributed by atoms with Gasteiger partial charge in [0.1, 0.15) is 11.3 Å². The van der Waals surface area contributed by atoms with E-state index in [1.165, 1.54) is 20.1 Å². The van der Waals surface area contributed by atoms with Crippen molar-refractivity contribution in [3.8, 4) is 5.75 Å². The van der Waals surface area contributed by atoms with E-state index in [2.05, 4.69) is 6.58 Å². The van der Waals surface area contributed by atoms with Crippen molar-refractivity contribution in [3.63, 3.8) is 0 Å². The molecule has 1 N–H and O–H groups in total. The third-order valence-electron chi connectivity index (χ3n) is 4.20. The summed E-state index contributed by atoms with van der Waals surface area (Å²) in [5.74, 6) is -0.398. The predicted molar refractivity (Wildman–Crippen MR) is 87.0 cm³/mol. The predicted octanol–water partition coefficient (Wildman–Crippen LogP) is 1.99. The van der Waals surface area contributed by atoms with Gasteiger partial charge < -0.3 is 9.84 Å². The van der Waals surface area contributed by atoms with Gasteiger partial charge in [0.15, 0.2) is 0 Å². The molecule has 3 amide bonds. The molecule has 0 spiro atoms. The van der Waals surface area contributed by atoms with Crippen molar-refractivity contribution in [2.24, 2.45) is 0 Å². The average molecular weight is 332 g/mol. The van der Waals surface area contributed by atoms with Crippen molar-refractivity contribution >= 4 is 17.9 Å². The number of benzene rings is 1. The first kappa shape index (κ1) is 17.5. The van der Waals surface area contributed by atoms with Crippen LogP contribution in [-0.2, 0) is 4.79 Å². The molecule has 1 saturated heterocycles. The molecule has 1 aromatic rings. The largest absolute Gasteiger partial charge is 0.497 e. The molecule has 1 atom stereocenters. The Morgan fingerprint density at radius 1 is 1.33 bits per heavy atom. The van der Waals surface area contributed by atoms with E-state index in [0.29, 0.717) is 11.3 Å². The van der Waals surface area contributed by atoms with Gasteiger partial charge in [0.05, 0.1) is 7.11 Å². The number of amides is 3. The van der Waals surface area contributed by atoms with Gasteiger partial charge in [0.2, 0.25) is 0 Å². The number of carbonyl (C=O) groups excluding carboxylic acids is 2. The summed E-state index contributed by atoms with van der Waals surface area (Å²) in [6.07, 6.45) is 0.420. The average Bonchev–Trinajstić information content (AvgIpc) is 2.56. The monoisotopic (exact) mass is 332 g/mol. The van der Waals surface area contributed by atoms with E-state index in [9.17, 15) is 19.5 Å². The zero-order valence-electron chi connectivity index (χ0n) is 13.7. The van der Waals surface area contributed by atoms with Crippen LogP contribution in [0.2, 0.25) is 0 Å². The Morgan fingerprint density at radius 2 is 1.96 bits per heavy atom. The first-order valence-electron chi connectivity index (χ1n) is 7.47. The number of methoxy groups -OCH3 is 1. The molecule has 24 heavy (non-hydrogen) atoms. The number of rotatable bonds is 4. The number of carbonyl (C=O) groups is 3. The molecule has 1 fully saturated rings. The molecular weight excluding hydrogens is 312 g/mol. The fourth-order valence-electron chi connectivity index (χ4n) is 2.82. The SMILES string of the molecule is C=CC[C@@]1(C)C(=O)N(C(=O)c2ccc(OC)cc2)CCN1C(=O)O. The maximum atomic E-state index is 12.8. The highest BCUT2D eigenvalue weighted by molar-refractivity contribution is 6.08. The Hall–Kier alpha value is -2.83. The zero-order valence-corrected chi connectivity index (χ0v) is 13.7. The number of nitrogens with zero attached hydrogens (tertiary/aromatic N) is 2. The fraction of sp³-hybridized carbons (Fsp3) is 0.353. The Kier molecular flexibility index (Phi) is 4.92. The van der Waals surface area contributed by atoms with Gasteiger partial charge in [-0.15, -0.1) is 6.58 Å². The number of imide groups is 1. The van der Waals surface area contributed by atoms with E-state index in [-0.39, 0.29) is 19.5 Å². The molecule has 0 radical (unpaired) electrons. The van der Waals surface area contributed by atoms with Crippen molar-refractivity contribution < 1.29 is 24.2 Å². The molecule has 0 aliphatic carbocycles. The second-order valence-corrected chi connectivity index (χ2v) is 5.69. The number of carboxylic acid groups (broad SMARTS) is 1. The van der Waals surface area contributed by atoms with E-state index >= 15 is 0 Å². The Bertz CT molecular complexity index is 670. The van der Waals surface area contributed by atoms with Crippen molar-refractivity contribution in [1.29, 1.82) is 0 Å². The molecule has 0 saturated carbocycles. The van der Waals surface area contributed by atoms with E-state index in [4.69, 9.17) is 4.74 Å². The summed E-state index contributed by atoms with van der Waals surface area (Å²) in [4.78, 5) is 39.1. The first-order chi connectivity index (χ1) is 11.3. The van der Waals surface area contributed by atoms with Crippen LogP contribution in [0.4, 0.5) is 4.79 Å². The van der Waals surface area contributed by atoms with Crippen LogP contribution in [-0.4, -0.2) is 58.6 Å². The third-order valence-corrected chi connectivity index (χ3v) is 4.20. The summed E-state index contributed by atoms with van der Waals surface area (Å²) >= 11 is 0. The molecule has 0 unspecified atom stereocenters. The van der Waals surface area contributed by atoms with Gasteiger partial charge in [-0.1, -0.05) is 6.08 Å². The summed E-state index contributed by atoms with van der Waals surface area (Å²) in [7, 11) is 1.52. The molecular formula is C17H20N2O5. The molecule has 0 bridgehead atoms. The van der Waals surface area contributed by atoms with Crippen molar-refractivity contribution in [1.82, 2.24) is 9.80 Å². The lowest BCUT2D eigenvalue weighted by Crippen LogP contribution is -2.66. The minimum atomic E-state index is -1.34. The van der Waals surface area contributed by atoms with Gasteiger partial charge in [-0.05, 0) is 37.6 Å². The minimum absolute atomic E-state index is 0.0166. The van der Waals surface area contributed by atoms with Crippen LogP contribution in [0.3, 0.4) is 0 Å². The summed E-state index contributed by atoms with van der Waals surface area (Å²) in [6.45, 7) is 5.18. The lowest BCUT2D eigenvalue weighted by molar-refractivity contribution is -0.144. The molecule has 0 aromatic heterocycles. The molecule has 2 rings (SSSR count). The minimum Gasteiger partial charge on any atom is -0.497 e. The van der Waals surface area contributed by atoms with Gasteiger partial charge >= 0.3 is 6.09 Å². The van der Waals surface area contributed by atoms with E-state index in [1.807, 2.05) is 0 Å². The second kappa shape index (κ2) is 6.74. The maximum Gasteiger partial charge on any atom is 0.408 e. The molecule has 128 valence electrons. The third kappa shape index (κ3) is 2.97. The summed E-state index contributed by atoms with van der Waals surface area (Å²) < 4.78 is 5.05. The van der Waals surface area contributed by atoms with Crippen LogP contribution in [0.5, 0.6) is 5.75 Å². The highest BCUT2D eigenvalue weighted by Crippen LogP contribution is 2.28. The van der Waals surface area contributed by atoms with Crippen LogP contribution in [0.25, 0.3) is 0 Å². The van der Waals surface area contributed by atoms with Gasteiger partial charge in [0.25, 0.3) is 11.8 Å². The topological polar surface area (TPSA) is 87.2 Å². The highest BCUT2D eigenvalue weighted by atomic mass is 16.5. The second-order valence-electron chi connectivity index (χ2n) is 5.69. The summed E-state index contributed by atoms with van der Waals surface area (Å²) in [5, 5.41) is 9.34. The molecule has 1 aliphatic heterocycles. The van der Waals surface area contributed by atoms with E-state index in [1.54, 1.807) is 24.3 Å². The van der Waals surface area contributed by atoms with Gasteiger partial charge in [-0.2, -0.15) is 0 Å². The van der Waals surface area contributed by atoms with Gasteiger partial charge in [-0.25, -0.2) is 4.79 Å². The van der Waals surface area contributed by atoms with Crippen molar-refractivity contribution in [3.05, 3.63) is 42.5 Å².